The number of benzene rings is 2. The normalized spacial score (nSPS) is 14.2. The molecule has 0 aliphatic heterocycles. The highest BCUT2D eigenvalue weighted by atomic mass is 32.1. The maximum Gasteiger partial charge on any atom is 0.258 e. The SMILES string of the molecule is CC.CC(C)Oc1ccc(-c2nc(-c3cccc4c3CCC4NCc3cncs3)no2)cc1C#N. The molecule has 2 heterocycles. The molecule has 1 atom stereocenters. The highest BCUT2D eigenvalue weighted by Gasteiger charge is 2.26. The quantitative estimate of drug-likeness (QED) is 0.326. The molecule has 1 N–H and O–H groups in total. The number of nitrogens with one attached hydrogen (secondary N) is 1. The van der Waals surface area contributed by atoms with E-state index in [1.807, 2.05) is 57.6 Å². The number of nitrogens with zero attached hydrogens (tertiary/aromatic N) is 4. The van der Waals surface area contributed by atoms with Gasteiger partial charge < -0.3 is 14.6 Å². The number of aromatic nitrogens is 3. The molecule has 5 rings (SSSR count). The number of hydrogen-bond acceptors (Lipinski definition) is 8. The Morgan fingerprint density at radius 3 is 2.86 bits per heavy atom. The average Bonchev–Trinajstić information content (AvgIpc) is 3.65. The minimum Gasteiger partial charge on any atom is -0.490 e. The summed E-state index contributed by atoms with van der Waals surface area (Å²) in [5.41, 5.74) is 6.52. The highest BCUT2D eigenvalue weighted by Crippen LogP contribution is 2.38. The molecule has 0 radical (unpaired) electrons. The Morgan fingerprint density at radius 2 is 2.11 bits per heavy atom. The molecule has 0 spiro atoms. The van der Waals surface area contributed by atoms with Gasteiger partial charge >= 0.3 is 0 Å². The number of hydrogen-bond donors (Lipinski definition) is 1. The van der Waals surface area contributed by atoms with Crippen LogP contribution in [0.15, 0.2) is 52.6 Å². The van der Waals surface area contributed by atoms with Crippen molar-refractivity contribution in [2.24, 2.45) is 0 Å². The standard InChI is InChI=1S/C25H23N5O2S.C2H6/c1-15(2)31-23-9-6-16(10-17(23)11-26)25-29-24(30-32-25)21-5-3-4-20-19(21)7-8-22(20)28-13-18-12-27-14-33-18;1-2/h3-6,9-10,12,14-15,22,28H,7-8,13H2,1-2H3;1-2H3. The van der Waals surface area contributed by atoms with Gasteiger partial charge in [-0.2, -0.15) is 10.2 Å². The first-order chi connectivity index (χ1) is 17.1. The number of rotatable bonds is 7. The van der Waals surface area contributed by atoms with Crippen molar-refractivity contribution in [3.8, 4) is 34.7 Å². The third kappa shape index (κ3) is 5.42. The van der Waals surface area contributed by atoms with Crippen LogP contribution in [0.2, 0.25) is 0 Å². The largest absolute Gasteiger partial charge is 0.490 e. The monoisotopic (exact) mass is 487 g/mol. The maximum atomic E-state index is 9.52. The van der Waals surface area contributed by atoms with Crippen molar-refractivity contribution in [2.45, 2.75) is 59.2 Å². The minimum atomic E-state index is -0.0153. The summed E-state index contributed by atoms with van der Waals surface area (Å²) in [6.45, 7) is 8.66. The summed E-state index contributed by atoms with van der Waals surface area (Å²) in [6.07, 6.45) is 3.87. The Balaban J connectivity index is 0.00000141. The van der Waals surface area contributed by atoms with Gasteiger partial charge in [0.2, 0.25) is 5.82 Å². The molecule has 0 amide bonds. The van der Waals surface area contributed by atoms with Gasteiger partial charge in [0, 0.05) is 34.8 Å². The van der Waals surface area contributed by atoms with Crippen molar-refractivity contribution in [3.63, 3.8) is 0 Å². The first-order valence-corrected chi connectivity index (χ1v) is 12.8. The summed E-state index contributed by atoms with van der Waals surface area (Å²) in [6, 6.07) is 14.1. The van der Waals surface area contributed by atoms with E-state index in [2.05, 4.69) is 32.6 Å². The molecule has 2 aromatic carbocycles. The summed E-state index contributed by atoms with van der Waals surface area (Å²) < 4.78 is 11.3. The van der Waals surface area contributed by atoms with E-state index in [1.54, 1.807) is 23.5 Å². The molecule has 7 nitrogen and oxygen atoms in total. The second-order valence-electron chi connectivity index (χ2n) is 8.23. The van der Waals surface area contributed by atoms with Crippen LogP contribution in [0.1, 0.15) is 61.7 Å². The fraction of sp³-hybridized carbons (Fsp3) is 0.333. The van der Waals surface area contributed by atoms with E-state index >= 15 is 0 Å². The second-order valence-corrected chi connectivity index (χ2v) is 9.20. The van der Waals surface area contributed by atoms with Crippen LogP contribution in [-0.2, 0) is 13.0 Å². The van der Waals surface area contributed by atoms with Crippen molar-refractivity contribution in [2.75, 3.05) is 0 Å². The smallest absolute Gasteiger partial charge is 0.258 e. The van der Waals surface area contributed by atoms with E-state index in [9.17, 15) is 5.26 Å². The van der Waals surface area contributed by atoms with Crippen LogP contribution in [0, 0.1) is 11.3 Å². The van der Waals surface area contributed by atoms with Gasteiger partial charge in [0.25, 0.3) is 5.89 Å². The van der Waals surface area contributed by atoms with Gasteiger partial charge in [0.1, 0.15) is 11.8 Å². The Morgan fingerprint density at radius 1 is 1.26 bits per heavy atom. The molecule has 180 valence electrons. The predicted molar refractivity (Wildman–Crippen MR) is 137 cm³/mol. The van der Waals surface area contributed by atoms with E-state index in [0.717, 1.165) is 24.9 Å². The number of nitriles is 1. The molecule has 1 aliphatic carbocycles. The summed E-state index contributed by atoms with van der Waals surface area (Å²) >= 11 is 1.66. The third-order valence-electron chi connectivity index (χ3n) is 5.65. The van der Waals surface area contributed by atoms with E-state index in [1.165, 1.54) is 16.0 Å². The molecule has 8 heteroatoms. The molecule has 0 bridgehead atoms. The van der Waals surface area contributed by atoms with Crippen LogP contribution in [0.25, 0.3) is 22.8 Å². The first-order valence-electron chi connectivity index (χ1n) is 11.9. The molecular formula is C27H29N5O2S. The Labute approximate surface area is 209 Å². The Bertz CT molecular complexity index is 1310. The fourth-order valence-electron chi connectivity index (χ4n) is 4.19. The van der Waals surface area contributed by atoms with E-state index in [0.29, 0.717) is 34.6 Å². The second kappa shape index (κ2) is 11.3. The van der Waals surface area contributed by atoms with Gasteiger partial charge in [-0.3, -0.25) is 4.98 Å². The zero-order chi connectivity index (χ0) is 24.8. The predicted octanol–water partition coefficient (Wildman–Crippen LogP) is 6.32. The summed E-state index contributed by atoms with van der Waals surface area (Å²) in [5.74, 6) is 1.49. The lowest BCUT2D eigenvalue weighted by Crippen LogP contribution is -2.18. The van der Waals surface area contributed by atoms with Crippen molar-refractivity contribution < 1.29 is 9.26 Å². The zero-order valence-corrected chi connectivity index (χ0v) is 21.2. The van der Waals surface area contributed by atoms with Gasteiger partial charge in [-0.15, -0.1) is 11.3 Å². The molecular weight excluding hydrogens is 458 g/mol. The Hall–Kier alpha value is -3.54. The lowest BCUT2D eigenvalue weighted by molar-refractivity contribution is 0.241. The maximum absolute atomic E-state index is 9.52. The van der Waals surface area contributed by atoms with Crippen LogP contribution in [0.5, 0.6) is 5.75 Å². The molecule has 4 aromatic rings. The van der Waals surface area contributed by atoms with Crippen LogP contribution in [-0.4, -0.2) is 21.2 Å². The molecule has 0 saturated heterocycles. The van der Waals surface area contributed by atoms with E-state index in [-0.39, 0.29) is 6.10 Å². The van der Waals surface area contributed by atoms with Gasteiger partial charge in [0.05, 0.1) is 17.2 Å². The van der Waals surface area contributed by atoms with Gasteiger partial charge in [-0.05, 0) is 56.0 Å². The highest BCUT2D eigenvalue weighted by molar-refractivity contribution is 7.09. The van der Waals surface area contributed by atoms with Crippen LogP contribution >= 0.6 is 11.3 Å². The number of ether oxygens (including phenoxy) is 1. The van der Waals surface area contributed by atoms with Gasteiger partial charge in [0.15, 0.2) is 0 Å². The Kier molecular flexibility index (Phi) is 7.91. The van der Waals surface area contributed by atoms with Crippen LogP contribution < -0.4 is 10.1 Å². The molecule has 1 aliphatic rings. The van der Waals surface area contributed by atoms with E-state index < -0.39 is 0 Å². The minimum absolute atomic E-state index is 0.0153. The molecule has 0 fully saturated rings. The molecule has 35 heavy (non-hydrogen) atoms. The molecule has 1 unspecified atom stereocenters. The summed E-state index contributed by atoms with van der Waals surface area (Å²) in [4.78, 5) is 10.0. The molecule has 0 saturated carbocycles. The van der Waals surface area contributed by atoms with Crippen molar-refractivity contribution >= 4 is 11.3 Å². The lowest BCUT2D eigenvalue weighted by atomic mass is 10.0. The fourth-order valence-corrected chi connectivity index (χ4v) is 4.73. The van der Waals surface area contributed by atoms with Crippen molar-refractivity contribution in [1.82, 2.24) is 20.4 Å². The first kappa shape index (κ1) is 24.6. The summed E-state index contributed by atoms with van der Waals surface area (Å²) in [7, 11) is 0. The van der Waals surface area contributed by atoms with Crippen molar-refractivity contribution in [3.05, 3.63) is 69.7 Å². The average molecular weight is 488 g/mol. The lowest BCUT2D eigenvalue weighted by Gasteiger charge is -2.13. The number of thiazole rings is 1. The van der Waals surface area contributed by atoms with Gasteiger partial charge in [-0.25, -0.2) is 0 Å². The third-order valence-corrected chi connectivity index (χ3v) is 6.43. The van der Waals surface area contributed by atoms with Crippen LogP contribution in [0.4, 0.5) is 0 Å². The van der Waals surface area contributed by atoms with Crippen molar-refractivity contribution in [1.29, 1.82) is 5.26 Å². The zero-order valence-electron chi connectivity index (χ0n) is 20.4. The summed E-state index contributed by atoms with van der Waals surface area (Å²) in [5, 5.41) is 17.4. The van der Waals surface area contributed by atoms with Crippen LogP contribution in [0.3, 0.4) is 0 Å². The molecule has 2 aromatic heterocycles. The topological polar surface area (TPSA) is 96.9 Å². The van der Waals surface area contributed by atoms with E-state index in [4.69, 9.17) is 9.26 Å². The van der Waals surface area contributed by atoms with Gasteiger partial charge in [-0.1, -0.05) is 37.2 Å². The number of fused-ring (bicyclic) bond motifs is 1.